The summed E-state index contributed by atoms with van der Waals surface area (Å²) in [5.41, 5.74) is 2.07. The highest BCUT2D eigenvalue weighted by molar-refractivity contribution is 7.19. The molecule has 0 saturated carbocycles. The van der Waals surface area contributed by atoms with Gasteiger partial charge in [0.05, 0.1) is 24.9 Å². The van der Waals surface area contributed by atoms with Gasteiger partial charge in [-0.2, -0.15) is 0 Å². The first kappa shape index (κ1) is 14.9. The number of nitrogens with zero attached hydrogens (tertiary/aromatic N) is 2. The maximum Gasteiger partial charge on any atom is 0.262 e. The van der Waals surface area contributed by atoms with Crippen molar-refractivity contribution in [2.75, 3.05) is 13.2 Å². The van der Waals surface area contributed by atoms with Gasteiger partial charge in [-0.3, -0.25) is 9.36 Å². The molecule has 3 rings (SSSR count). The molecule has 1 aromatic carbocycles. The molecule has 2 heterocycles. The molecule has 0 N–H and O–H groups in total. The second kappa shape index (κ2) is 6.42. The van der Waals surface area contributed by atoms with Crippen LogP contribution in [0.3, 0.4) is 0 Å². The van der Waals surface area contributed by atoms with Crippen LogP contribution in [0.2, 0.25) is 0 Å². The van der Waals surface area contributed by atoms with Gasteiger partial charge in [-0.05, 0) is 19.4 Å². The third-order valence-electron chi connectivity index (χ3n) is 3.60. The van der Waals surface area contributed by atoms with Crippen LogP contribution < -0.4 is 5.56 Å². The Bertz CT molecular complexity index is 837. The summed E-state index contributed by atoms with van der Waals surface area (Å²) >= 11 is 1.57. The van der Waals surface area contributed by atoms with Crippen molar-refractivity contribution in [3.05, 3.63) is 51.9 Å². The van der Waals surface area contributed by atoms with Gasteiger partial charge in [0, 0.05) is 17.0 Å². The zero-order chi connectivity index (χ0) is 15.5. The van der Waals surface area contributed by atoms with Crippen molar-refractivity contribution in [3.8, 4) is 11.1 Å². The zero-order valence-corrected chi connectivity index (χ0v) is 13.5. The average molecular weight is 314 g/mol. The molecule has 0 aliphatic carbocycles. The molecule has 2 aromatic heterocycles. The monoisotopic (exact) mass is 314 g/mol. The Morgan fingerprint density at radius 2 is 2.05 bits per heavy atom. The second-order valence-electron chi connectivity index (χ2n) is 5.02. The number of hydrogen-bond donors (Lipinski definition) is 0. The van der Waals surface area contributed by atoms with Crippen LogP contribution in [0.25, 0.3) is 21.3 Å². The van der Waals surface area contributed by atoms with E-state index in [1.165, 1.54) is 0 Å². The van der Waals surface area contributed by atoms with E-state index in [0.29, 0.717) is 25.1 Å². The SMILES string of the molecule is CCOCCn1cnc2sc(C)c(-c3ccccc3)c2c1=O. The minimum Gasteiger partial charge on any atom is -0.380 e. The summed E-state index contributed by atoms with van der Waals surface area (Å²) < 4.78 is 6.98. The smallest absolute Gasteiger partial charge is 0.262 e. The maximum absolute atomic E-state index is 12.8. The van der Waals surface area contributed by atoms with Crippen molar-refractivity contribution < 1.29 is 4.74 Å². The summed E-state index contributed by atoms with van der Waals surface area (Å²) in [6, 6.07) is 10.0. The Morgan fingerprint density at radius 3 is 2.77 bits per heavy atom. The Morgan fingerprint density at radius 1 is 1.27 bits per heavy atom. The van der Waals surface area contributed by atoms with E-state index in [2.05, 4.69) is 4.98 Å². The highest BCUT2D eigenvalue weighted by Gasteiger charge is 2.16. The number of aromatic nitrogens is 2. The summed E-state index contributed by atoms with van der Waals surface area (Å²) in [5, 5.41) is 0.715. The van der Waals surface area contributed by atoms with E-state index in [4.69, 9.17) is 4.74 Å². The normalized spacial score (nSPS) is 11.2. The molecule has 0 spiro atoms. The molecule has 0 aliphatic rings. The van der Waals surface area contributed by atoms with E-state index in [1.54, 1.807) is 22.2 Å². The Hall–Kier alpha value is -1.98. The van der Waals surface area contributed by atoms with Crippen LogP contribution in [0, 0.1) is 6.92 Å². The minimum absolute atomic E-state index is 0.00732. The number of thiophene rings is 1. The fourth-order valence-electron chi connectivity index (χ4n) is 2.56. The molecule has 22 heavy (non-hydrogen) atoms. The lowest BCUT2D eigenvalue weighted by Crippen LogP contribution is -2.22. The van der Waals surface area contributed by atoms with Crippen LogP contribution in [0.5, 0.6) is 0 Å². The Kier molecular flexibility index (Phi) is 4.36. The standard InChI is InChI=1S/C17H18N2O2S/c1-3-21-10-9-19-11-18-16-15(17(19)20)14(12(2)22-16)13-7-5-4-6-8-13/h4-8,11H,3,9-10H2,1-2H3. The first-order chi connectivity index (χ1) is 10.7. The Labute approximate surface area is 133 Å². The number of aryl methyl sites for hydroxylation is 1. The van der Waals surface area contributed by atoms with Crippen molar-refractivity contribution in [1.29, 1.82) is 0 Å². The third-order valence-corrected chi connectivity index (χ3v) is 4.61. The fourth-order valence-corrected chi connectivity index (χ4v) is 3.56. The van der Waals surface area contributed by atoms with Gasteiger partial charge >= 0.3 is 0 Å². The summed E-state index contributed by atoms with van der Waals surface area (Å²) in [6.07, 6.45) is 1.62. The lowest BCUT2D eigenvalue weighted by atomic mass is 10.0. The molecular formula is C17H18N2O2S. The molecule has 0 unspecified atom stereocenters. The third kappa shape index (κ3) is 2.69. The molecule has 0 saturated heterocycles. The molecule has 114 valence electrons. The van der Waals surface area contributed by atoms with Gasteiger partial charge in [-0.1, -0.05) is 30.3 Å². The molecule has 0 amide bonds. The van der Waals surface area contributed by atoms with E-state index in [1.807, 2.05) is 44.2 Å². The molecule has 0 bridgehead atoms. The second-order valence-corrected chi connectivity index (χ2v) is 6.22. The number of ether oxygens (including phenoxy) is 1. The summed E-state index contributed by atoms with van der Waals surface area (Å²) in [6.45, 7) is 5.68. The van der Waals surface area contributed by atoms with E-state index < -0.39 is 0 Å². The molecule has 3 aromatic rings. The first-order valence-electron chi connectivity index (χ1n) is 7.34. The topological polar surface area (TPSA) is 44.1 Å². The van der Waals surface area contributed by atoms with Crippen LogP contribution >= 0.6 is 11.3 Å². The number of benzene rings is 1. The van der Waals surface area contributed by atoms with E-state index >= 15 is 0 Å². The fraction of sp³-hybridized carbons (Fsp3) is 0.294. The molecule has 0 fully saturated rings. The van der Waals surface area contributed by atoms with Crippen LogP contribution in [0.4, 0.5) is 0 Å². The van der Waals surface area contributed by atoms with Gasteiger partial charge in [-0.15, -0.1) is 11.3 Å². The van der Waals surface area contributed by atoms with Crippen LogP contribution in [-0.2, 0) is 11.3 Å². The zero-order valence-electron chi connectivity index (χ0n) is 12.7. The lowest BCUT2D eigenvalue weighted by molar-refractivity contribution is 0.138. The van der Waals surface area contributed by atoms with E-state index in [0.717, 1.165) is 20.8 Å². The molecule has 0 radical (unpaired) electrons. The van der Waals surface area contributed by atoms with Gasteiger partial charge in [0.25, 0.3) is 5.56 Å². The van der Waals surface area contributed by atoms with Crippen molar-refractivity contribution >= 4 is 21.6 Å². The lowest BCUT2D eigenvalue weighted by Gasteiger charge is -2.06. The predicted octanol–water partition coefficient (Wildman–Crippen LogP) is 3.47. The van der Waals surface area contributed by atoms with Gasteiger partial charge < -0.3 is 4.74 Å². The number of rotatable bonds is 5. The van der Waals surface area contributed by atoms with Crippen LogP contribution in [0.1, 0.15) is 11.8 Å². The van der Waals surface area contributed by atoms with Crippen molar-refractivity contribution in [2.45, 2.75) is 20.4 Å². The van der Waals surface area contributed by atoms with Crippen LogP contribution in [-0.4, -0.2) is 22.8 Å². The first-order valence-corrected chi connectivity index (χ1v) is 8.15. The maximum atomic E-state index is 12.8. The molecule has 4 nitrogen and oxygen atoms in total. The summed E-state index contributed by atoms with van der Waals surface area (Å²) in [4.78, 5) is 19.2. The summed E-state index contributed by atoms with van der Waals surface area (Å²) in [7, 11) is 0. The minimum atomic E-state index is 0.00732. The predicted molar refractivity (Wildman–Crippen MR) is 90.5 cm³/mol. The molecule has 5 heteroatoms. The number of fused-ring (bicyclic) bond motifs is 1. The molecule has 0 aliphatic heterocycles. The highest BCUT2D eigenvalue weighted by Crippen LogP contribution is 2.35. The summed E-state index contributed by atoms with van der Waals surface area (Å²) in [5.74, 6) is 0. The van der Waals surface area contributed by atoms with Gasteiger partial charge in [0.15, 0.2) is 0 Å². The largest absolute Gasteiger partial charge is 0.380 e. The Balaban J connectivity index is 2.14. The van der Waals surface area contributed by atoms with Crippen molar-refractivity contribution in [2.24, 2.45) is 0 Å². The van der Waals surface area contributed by atoms with Crippen molar-refractivity contribution in [1.82, 2.24) is 9.55 Å². The molecule has 0 atom stereocenters. The van der Waals surface area contributed by atoms with Crippen LogP contribution in [0.15, 0.2) is 41.5 Å². The van der Waals surface area contributed by atoms with E-state index in [9.17, 15) is 4.79 Å². The van der Waals surface area contributed by atoms with E-state index in [-0.39, 0.29) is 5.56 Å². The van der Waals surface area contributed by atoms with Gasteiger partial charge in [0.2, 0.25) is 0 Å². The highest BCUT2D eigenvalue weighted by atomic mass is 32.1. The average Bonchev–Trinajstić information content (AvgIpc) is 2.87. The van der Waals surface area contributed by atoms with Crippen molar-refractivity contribution in [3.63, 3.8) is 0 Å². The molecular weight excluding hydrogens is 296 g/mol. The quantitative estimate of drug-likeness (QED) is 0.677. The van der Waals surface area contributed by atoms with Gasteiger partial charge in [0.1, 0.15) is 4.83 Å². The number of hydrogen-bond acceptors (Lipinski definition) is 4. The van der Waals surface area contributed by atoms with Gasteiger partial charge in [-0.25, -0.2) is 4.98 Å².